The summed E-state index contributed by atoms with van der Waals surface area (Å²) in [6.07, 6.45) is -3.72. The van der Waals surface area contributed by atoms with Crippen LogP contribution in [0.25, 0.3) is 0 Å². The Morgan fingerprint density at radius 2 is 1.80 bits per heavy atom. The number of hydrogen-bond donors (Lipinski definition) is 0. The number of rotatable bonds is 5. The fraction of sp³-hybridized carbons (Fsp3) is 0.875. The Bertz CT molecular complexity index is 226. The van der Waals surface area contributed by atoms with E-state index in [1.807, 2.05) is 0 Å². The molecule has 0 radical (unpaired) electrons. The monoisotopic (exact) mass is 250 g/mol. The minimum Gasteiger partial charge on any atom is -0.288 e. The van der Waals surface area contributed by atoms with Gasteiger partial charge in [0.15, 0.2) is 11.3 Å². The van der Waals surface area contributed by atoms with Crippen molar-refractivity contribution in [2.45, 2.75) is 38.3 Å². The van der Waals surface area contributed by atoms with Gasteiger partial charge in [-0.15, -0.1) is 0 Å². The Labute approximate surface area is 88.4 Å². The average Bonchev–Trinajstić information content (AvgIpc) is 2.01. The van der Waals surface area contributed by atoms with E-state index >= 15 is 0 Å². The first-order chi connectivity index (χ1) is 6.59. The van der Waals surface area contributed by atoms with E-state index in [-0.39, 0.29) is 17.8 Å². The quantitative estimate of drug-likeness (QED) is 0.696. The van der Waals surface area contributed by atoms with E-state index in [9.17, 15) is 26.7 Å². The van der Waals surface area contributed by atoms with Gasteiger partial charge >= 0.3 is 11.8 Å². The Hall–Kier alpha value is -0.330. The van der Waals surface area contributed by atoms with Crippen LogP contribution >= 0.6 is 11.8 Å². The fourth-order valence-corrected chi connectivity index (χ4v) is 1.37. The van der Waals surface area contributed by atoms with Crippen LogP contribution in [0.2, 0.25) is 0 Å². The van der Waals surface area contributed by atoms with E-state index in [1.165, 1.54) is 6.92 Å². The molecular weight excluding hydrogens is 239 g/mol. The Kier molecular flexibility index (Phi) is 5.02. The lowest BCUT2D eigenvalue weighted by molar-refractivity contribution is -0.229. The molecule has 0 saturated carbocycles. The van der Waals surface area contributed by atoms with E-state index in [4.69, 9.17) is 0 Å². The molecule has 0 saturated heterocycles. The Morgan fingerprint density at radius 3 is 2.13 bits per heavy atom. The van der Waals surface area contributed by atoms with Gasteiger partial charge in [0.1, 0.15) is 0 Å². The molecule has 0 rings (SSSR count). The lowest BCUT2D eigenvalue weighted by Crippen LogP contribution is -2.46. The molecule has 90 valence electrons. The topological polar surface area (TPSA) is 17.1 Å². The lowest BCUT2D eigenvalue weighted by Gasteiger charge is -2.26. The highest BCUT2D eigenvalue weighted by atomic mass is 32.2. The number of carbonyl (C=O) groups excluding carboxylic acids is 1. The van der Waals surface area contributed by atoms with Crippen LogP contribution in [0.5, 0.6) is 0 Å². The summed E-state index contributed by atoms with van der Waals surface area (Å²) in [4.78, 5) is 10.4. The number of hydrogen-bond acceptors (Lipinski definition) is 2. The van der Waals surface area contributed by atoms with Crippen molar-refractivity contribution in [2.24, 2.45) is 0 Å². The van der Waals surface area contributed by atoms with Crippen LogP contribution in [0, 0.1) is 0 Å². The normalized spacial score (nSPS) is 15.1. The summed E-state index contributed by atoms with van der Waals surface area (Å²) >= 11 is 0.629. The van der Waals surface area contributed by atoms with Crippen molar-refractivity contribution in [3.8, 4) is 0 Å². The zero-order valence-electron chi connectivity index (χ0n) is 8.20. The molecule has 0 aliphatic heterocycles. The highest BCUT2D eigenvalue weighted by Crippen LogP contribution is 2.39. The second kappa shape index (κ2) is 5.14. The van der Waals surface area contributed by atoms with Crippen LogP contribution in [-0.2, 0) is 4.79 Å². The standard InChI is InChI=1S/C8H11F5OS/c1-5(14)15-4-3-6(9)8(12,13)7(2,10)11/h6H,3-4H2,1-2H3. The molecule has 0 aromatic rings. The van der Waals surface area contributed by atoms with Gasteiger partial charge in [-0.3, -0.25) is 4.79 Å². The number of carbonyl (C=O) groups is 1. The molecule has 0 bridgehead atoms. The van der Waals surface area contributed by atoms with E-state index < -0.39 is 24.4 Å². The second-order valence-corrected chi connectivity index (χ2v) is 4.38. The molecule has 0 heterocycles. The van der Waals surface area contributed by atoms with Gasteiger partial charge in [-0.05, 0) is 6.42 Å². The second-order valence-electron chi connectivity index (χ2n) is 3.11. The molecule has 0 fully saturated rings. The molecule has 1 atom stereocenters. The smallest absolute Gasteiger partial charge is 0.288 e. The molecule has 7 heteroatoms. The van der Waals surface area contributed by atoms with Gasteiger partial charge in [0, 0.05) is 19.6 Å². The third-order valence-electron chi connectivity index (χ3n) is 1.66. The lowest BCUT2D eigenvalue weighted by atomic mass is 10.1. The summed E-state index contributed by atoms with van der Waals surface area (Å²) in [5.41, 5.74) is 0. The molecule has 0 aromatic heterocycles. The van der Waals surface area contributed by atoms with Crippen molar-refractivity contribution in [1.82, 2.24) is 0 Å². The molecule has 0 aliphatic carbocycles. The maximum Gasteiger partial charge on any atom is 0.340 e. The van der Waals surface area contributed by atoms with Gasteiger partial charge < -0.3 is 0 Å². The molecule has 0 aromatic carbocycles. The summed E-state index contributed by atoms with van der Waals surface area (Å²) in [5.74, 6) is -9.32. The third-order valence-corrected chi connectivity index (χ3v) is 2.50. The Balaban J connectivity index is 4.20. The van der Waals surface area contributed by atoms with Crippen LogP contribution in [0.4, 0.5) is 22.0 Å². The summed E-state index contributed by atoms with van der Waals surface area (Å²) in [5, 5.41) is -0.367. The first-order valence-electron chi connectivity index (χ1n) is 4.12. The minimum absolute atomic E-state index is 0.0301. The van der Waals surface area contributed by atoms with Crippen molar-refractivity contribution < 1.29 is 26.7 Å². The minimum atomic E-state index is -4.69. The van der Waals surface area contributed by atoms with E-state index in [1.54, 1.807) is 0 Å². The van der Waals surface area contributed by atoms with Gasteiger partial charge in [0.25, 0.3) is 0 Å². The zero-order valence-corrected chi connectivity index (χ0v) is 9.01. The Morgan fingerprint density at radius 1 is 1.33 bits per heavy atom. The third kappa shape index (κ3) is 4.36. The highest BCUT2D eigenvalue weighted by molar-refractivity contribution is 8.13. The summed E-state index contributed by atoms with van der Waals surface area (Å²) in [6.45, 7) is 1.15. The predicted octanol–water partition coefficient (Wildman–Crippen LogP) is 3.28. The van der Waals surface area contributed by atoms with Crippen LogP contribution in [-0.4, -0.2) is 28.9 Å². The first kappa shape index (κ1) is 14.7. The predicted molar refractivity (Wildman–Crippen MR) is 48.2 cm³/mol. The number of thioether (sulfide) groups is 1. The van der Waals surface area contributed by atoms with Crippen molar-refractivity contribution in [3.63, 3.8) is 0 Å². The molecule has 1 nitrogen and oxygen atoms in total. The molecular formula is C8H11F5OS. The van der Waals surface area contributed by atoms with Crippen LogP contribution < -0.4 is 0 Å². The highest BCUT2D eigenvalue weighted by Gasteiger charge is 2.58. The van der Waals surface area contributed by atoms with Crippen molar-refractivity contribution in [2.75, 3.05) is 5.75 Å². The molecule has 0 aliphatic rings. The van der Waals surface area contributed by atoms with Crippen molar-refractivity contribution in [1.29, 1.82) is 0 Å². The first-order valence-corrected chi connectivity index (χ1v) is 5.10. The SMILES string of the molecule is CC(=O)SCCC(F)C(F)(F)C(C)(F)F. The molecule has 0 N–H and O–H groups in total. The van der Waals surface area contributed by atoms with Gasteiger partial charge in [-0.2, -0.15) is 8.78 Å². The molecule has 15 heavy (non-hydrogen) atoms. The van der Waals surface area contributed by atoms with Crippen LogP contribution in [0.1, 0.15) is 20.3 Å². The van der Waals surface area contributed by atoms with Crippen LogP contribution in [0.3, 0.4) is 0 Å². The average molecular weight is 250 g/mol. The van der Waals surface area contributed by atoms with E-state index in [0.717, 1.165) is 0 Å². The van der Waals surface area contributed by atoms with Crippen molar-refractivity contribution >= 4 is 16.9 Å². The van der Waals surface area contributed by atoms with Gasteiger partial charge in [-0.25, -0.2) is 13.2 Å². The maximum atomic E-state index is 12.8. The van der Waals surface area contributed by atoms with Gasteiger partial charge in [-0.1, -0.05) is 11.8 Å². The fourth-order valence-electron chi connectivity index (χ4n) is 0.762. The van der Waals surface area contributed by atoms with Crippen molar-refractivity contribution in [3.05, 3.63) is 0 Å². The summed E-state index contributed by atoms with van der Waals surface area (Å²) in [6, 6.07) is 0. The van der Waals surface area contributed by atoms with E-state index in [0.29, 0.717) is 11.8 Å². The molecule has 0 amide bonds. The molecule has 0 spiro atoms. The largest absolute Gasteiger partial charge is 0.340 e. The maximum absolute atomic E-state index is 12.8. The van der Waals surface area contributed by atoms with Crippen LogP contribution in [0.15, 0.2) is 0 Å². The number of halogens is 5. The van der Waals surface area contributed by atoms with E-state index in [2.05, 4.69) is 0 Å². The summed E-state index contributed by atoms with van der Waals surface area (Å²) in [7, 11) is 0. The number of alkyl halides is 5. The zero-order chi connectivity index (χ0) is 12.3. The summed E-state index contributed by atoms with van der Waals surface area (Å²) < 4.78 is 62.6. The van der Waals surface area contributed by atoms with Gasteiger partial charge in [0.05, 0.1) is 0 Å². The van der Waals surface area contributed by atoms with Gasteiger partial charge in [0.2, 0.25) is 0 Å². The molecule has 1 unspecified atom stereocenters.